The van der Waals surface area contributed by atoms with E-state index in [1.165, 1.54) is 12.3 Å². The molecule has 0 saturated carbocycles. The van der Waals surface area contributed by atoms with Crippen molar-refractivity contribution in [2.24, 2.45) is 0 Å². The molecule has 1 saturated heterocycles. The third kappa shape index (κ3) is 2.35. The average Bonchev–Trinajstić information content (AvgIpc) is 2.28. The van der Waals surface area contributed by atoms with Crippen molar-refractivity contribution in [3.8, 4) is 0 Å². The van der Waals surface area contributed by atoms with E-state index in [1.807, 2.05) is 0 Å². The van der Waals surface area contributed by atoms with Crippen LogP contribution in [0.4, 0.5) is 14.5 Å². The zero-order chi connectivity index (χ0) is 11.6. The second kappa shape index (κ2) is 4.15. The highest BCUT2D eigenvalue weighted by Gasteiger charge is 2.35. The lowest BCUT2D eigenvalue weighted by atomic mass is 10.1. The fraction of sp³-hybridized carbons (Fsp3) is 0.455. The van der Waals surface area contributed by atoms with Crippen molar-refractivity contribution in [2.45, 2.75) is 18.8 Å². The van der Waals surface area contributed by atoms with E-state index in [-0.39, 0.29) is 13.0 Å². The van der Waals surface area contributed by atoms with E-state index in [0.717, 1.165) is 0 Å². The predicted octanol–water partition coefficient (Wildman–Crippen LogP) is 2.13. The number of hydrogen-bond acceptors (Lipinski definition) is 3. The molecule has 1 aromatic heterocycles. The SMILES string of the molecule is O=Cc1ccc(N2CCCC(F)(F)C2)cn1. The van der Waals surface area contributed by atoms with Gasteiger partial charge < -0.3 is 4.90 Å². The minimum atomic E-state index is -2.62. The normalized spacial score (nSPS) is 19.5. The molecule has 3 nitrogen and oxygen atoms in total. The molecule has 0 spiro atoms. The van der Waals surface area contributed by atoms with Crippen molar-refractivity contribution in [3.05, 3.63) is 24.0 Å². The molecule has 2 rings (SSSR count). The number of rotatable bonds is 2. The zero-order valence-electron chi connectivity index (χ0n) is 8.70. The number of aromatic nitrogens is 1. The van der Waals surface area contributed by atoms with Crippen molar-refractivity contribution in [1.82, 2.24) is 4.98 Å². The molecule has 5 heteroatoms. The lowest BCUT2D eigenvalue weighted by Gasteiger charge is -2.33. The zero-order valence-corrected chi connectivity index (χ0v) is 8.70. The number of nitrogens with zero attached hydrogens (tertiary/aromatic N) is 2. The van der Waals surface area contributed by atoms with Gasteiger partial charge in [-0.2, -0.15) is 0 Å². The van der Waals surface area contributed by atoms with Crippen molar-refractivity contribution in [2.75, 3.05) is 18.0 Å². The molecule has 0 aromatic carbocycles. The van der Waals surface area contributed by atoms with Gasteiger partial charge in [-0.25, -0.2) is 8.78 Å². The van der Waals surface area contributed by atoms with Crippen LogP contribution in [0.1, 0.15) is 23.3 Å². The molecule has 0 N–H and O–H groups in total. The van der Waals surface area contributed by atoms with Gasteiger partial charge >= 0.3 is 0 Å². The molecular weight excluding hydrogens is 214 g/mol. The van der Waals surface area contributed by atoms with Crippen LogP contribution in [0.15, 0.2) is 18.3 Å². The number of piperidine rings is 1. The highest BCUT2D eigenvalue weighted by atomic mass is 19.3. The fourth-order valence-corrected chi connectivity index (χ4v) is 1.84. The first kappa shape index (κ1) is 11.0. The number of carbonyl (C=O) groups is 1. The van der Waals surface area contributed by atoms with E-state index >= 15 is 0 Å². The Bertz CT molecular complexity index is 378. The van der Waals surface area contributed by atoms with Crippen LogP contribution in [0, 0.1) is 0 Å². The summed E-state index contributed by atoms with van der Waals surface area (Å²) in [6.45, 7) is 0.340. The second-order valence-electron chi connectivity index (χ2n) is 3.94. The molecule has 1 aliphatic heterocycles. The molecule has 0 bridgehead atoms. The second-order valence-corrected chi connectivity index (χ2v) is 3.94. The topological polar surface area (TPSA) is 33.2 Å². The van der Waals surface area contributed by atoms with Gasteiger partial charge in [0.2, 0.25) is 0 Å². The first-order chi connectivity index (χ1) is 7.61. The Hall–Kier alpha value is -1.52. The van der Waals surface area contributed by atoms with Crippen LogP contribution in [-0.4, -0.2) is 30.3 Å². The van der Waals surface area contributed by atoms with Gasteiger partial charge in [0.1, 0.15) is 5.69 Å². The standard InChI is InChI=1S/C11H12F2N2O/c12-11(13)4-1-5-15(8-11)10-3-2-9(7-16)14-6-10/h2-3,6-7H,1,4-5,8H2. The lowest BCUT2D eigenvalue weighted by molar-refractivity contribution is -0.0116. The molecular formula is C11H12F2N2O. The van der Waals surface area contributed by atoms with E-state index in [0.29, 0.717) is 30.6 Å². The number of anilines is 1. The van der Waals surface area contributed by atoms with Crippen LogP contribution >= 0.6 is 0 Å². The summed E-state index contributed by atoms with van der Waals surface area (Å²) >= 11 is 0. The van der Waals surface area contributed by atoms with Crippen LogP contribution in [0.25, 0.3) is 0 Å². The van der Waals surface area contributed by atoms with E-state index < -0.39 is 5.92 Å². The van der Waals surface area contributed by atoms with E-state index in [9.17, 15) is 13.6 Å². The highest BCUT2D eigenvalue weighted by molar-refractivity contribution is 5.72. The van der Waals surface area contributed by atoms with Crippen LogP contribution < -0.4 is 4.90 Å². The Morgan fingerprint density at radius 1 is 1.44 bits per heavy atom. The number of alkyl halides is 2. The molecule has 1 fully saturated rings. The molecule has 1 aromatic rings. The maximum absolute atomic E-state index is 13.2. The molecule has 0 unspecified atom stereocenters. The van der Waals surface area contributed by atoms with Crippen molar-refractivity contribution < 1.29 is 13.6 Å². The monoisotopic (exact) mass is 226 g/mol. The number of aldehydes is 1. The third-order valence-corrected chi connectivity index (χ3v) is 2.65. The van der Waals surface area contributed by atoms with Gasteiger partial charge in [-0.15, -0.1) is 0 Å². The summed E-state index contributed by atoms with van der Waals surface area (Å²) in [4.78, 5) is 15.9. The van der Waals surface area contributed by atoms with Gasteiger partial charge in [-0.3, -0.25) is 9.78 Å². The number of carbonyl (C=O) groups excluding carboxylic acids is 1. The highest BCUT2D eigenvalue weighted by Crippen LogP contribution is 2.29. The number of hydrogen-bond donors (Lipinski definition) is 0. The summed E-state index contributed by atoms with van der Waals surface area (Å²) in [7, 11) is 0. The number of halogens is 2. The first-order valence-electron chi connectivity index (χ1n) is 5.15. The van der Waals surface area contributed by atoms with E-state index in [1.54, 1.807) is 11.0 Å². The first-order valence-corrected chi connectivity index (χ1v) is 5.15. The summed E-state index contributed by atoms with van der Waals surface area (Å²) in [5.41, 5.74) is 0.956. The fourth-order valence-electron chi connectivity index (χ4n) is 1.84. The maximum Gasteiger partial charge on any atom is 0.265 e. The molecule has 0 amide bonds. The lowest BCUT2D eigenvalue weighted by Crippen LogP contribution is -2.42. The summed E-state index contributed by atoms with van der Waals surface area (Å²) in [5, 5.41) is 0. The quantitative estimate of drug-likeness (QED) is 0.724. The minimum absolute atomic E-state index is 0.0522. The predicted molar refractivity (Wildman–Crippen MR) is 56.0 cm³/mol. The third-order valence-electron chi connectivity index (χ3n) is 2.65. The van der Waals surface area contributed by atoms with Gasteiger partial charge in [0, 0.05) is 13.0 Å². The van der Waals surface area contributed by atoms with Gasteiger partial charge in [-0.1, -0.05) is 0 Å². The molecule has 1 aliphatic rings. The van der Waals surface area contributed by atoms with Crippen LogP contribution in [0.2, 0.25) is 0 Å². The minimum Gasteiger partial charge on any atom is -0.364 e. The van der Waals surface area contributed by atoms with Gasteiger partial charge in [0.25, 0.3) is 5.92 Å². The summed E-state index contributed by atoms with van der Waals surface area (Å²) in [5.74, 6) is -2.62. The van der Waals surface area contributed by atoms with Crippen molar-refractivity contribution in [3.63, 3.8) is 0 Å². The summed E-state index contributed by atoms with van der Waals surface area (Å²) in [6, 6.07) is 3.19. The Labute approximate surface area is 92.1 Å². The molecule has 0 aliphatic carbocycles. The molecule has 86 valence electrons. The summed E-state index contributed by atoms with van der Waals surface area (Å²) < 4.78 is 26.3. The molecule has 0 radical (unpaired) electrons. The molecule has 0 atom stereocenters. The van der Waals surface area contributed by atoms with E-state index in [2.05, 4.69) is 4.98 Å². The average molecular weight is 226 g/mol. The van der Waals surface area contributed by atoms with Gasteiger partial charge in [0.05, 0.1) is 18.4 Å². The van der Waals surface area contributed by atoms with Crippen molar-refractivity contribution >= 4 is 12.0 Å². The number of pyridine rings is 1. The smallest absolute Gasteiger partial charge is 0.265 e. The Morgan fingerprint density at radius 3 is 2.81 bits per heavy atom. The Kier molecular flexibility index (Phi) is 2.85. The van der Waals surface area contributed by atoms with Crippen LogP contribution in [0.5, 0.6) is 0 Å². The Morgan fingerprint density at radius 2 is 2.25 bits per heavy atom. The molecule has 2 heterocycles. The summed E-state index contributed by atoms with van der Waals surface area (Å²) in [6.07, 6.45) is 2.52. The van der Waals surface area contributed by atoms with Gasteiger partial charge in [-0.05, 0) is 18.6 Å². The van der Waals surface area contributed by atoms with Crippen LogP contribution in [0.3, 0.4) is 0 Å². The molecule has 16 heavy (non-hydrogen) atoms. The van der Waals surface area contributed by atoms with Crippen molar-refractivity contribution in [1.29, 1.82) is 0 Å². The largest absolute Gasteiger partial charge is 0.364 e. The van der Waals surface area contributed by atoms with Crippen LogP contribution in [-0.2, 0) is 0 Å². The van der Waals surface area contributed by atoms with E-state index in [4.69, 9.17) is 0 Å². The Balaban J connectivity index is 2.14. The van der Waals surface area contributed by atoms with Gasteiger partial charge in [0.15, 0.2) is 6.29 Å². The maximum atomic E-state index is 13.2.